The molecule has 0 saturated carbocycles. The van der Waals surface area contributed by atoms with E-state index in [4.69, 9.17) is 17.3 Å². The van der Waals surface area contributed by atoms with E-state index in [1.807, 2.05) is 36.1 Å². The molecule has 2 rings (SSSR count). The van der Waals surface area contributed by atoms with E-state index in [0.717, 1.165) is 31.4 Å². The van der Waals surface area contributed by atoms with E-state index in [1.54, 1.807) is 0 Å². The van der Waals surface area contributed by atoms with Gasteiger partial charge in [0.25, 0.3) is 0 Å². The van der Waals surface area contributed by atoms with Gasteiger partial charge in [0, 0.05) is 23.7 Å². The number of benzene rings is 1. The average Bonchev–Trinajstić information content (AvgIpc) is 2.38. The van der Waals surface area contributed by atoms with Crippen molar-refractivity contribution in [2.45, 2.75) is 44.7 Å². The van der Waals surface area contributed by atoms with Gasteiger partial charge in [-0.3, -0.25) is 4.79 Å². The monoisotopic (exact) mass is 280 g/mol. The number of carbonyl (C=O) groups excluding carboxylic acids is 1. The van der Waals surface area contributed by atoms with Gasteiger partial charge in [-0.1, -0.05) is 23.7 Å². The van der Waals surface area contributed by atoms with Crippen LogP contribution in [0.5, 0.6) is 0 Å². The first-order valence-corrected chi connectivity index (χ1v) is 7.25. The molecule has 1 fully saturated rings. The third-order valence-electron chi connectivity index (χ3n) is 3.72. The molecule has 2 unspecified atom stereocenters. The Kier molecular flexibility index (Phi) is 4.83. The van der Waals surface area contributed by atoms with Crippen molar-refractivity contribution in [1.82, 2.24) is 4.90 Å². The number of amides is 1. The van der Waals surface area contributed by atoms with Gasteiger partial charge in [0.05, 0.1) is 6.42 Å². The molecule has 0 spiro atoms. The Balaban J connectivity index is 2.05. The van der Waals surface area contributed by atoms with Crippen molar-refractivity contribution in [1.29, 1.82) is 0 Å². The van der Waals surface area contributed by atoms with E-state index >= 15 is 0 Å². The molecule has 1 amide bonds. The molecule has 0 aromatic heterocycles. The van der Waals surface area contributed by atoms with Crippen molar-refractivity contribution in [3.05, 3.63) is 34.9 Å². The van der Waals surface area contributed by atoms with Gasteiger partial charge in [-0.25, -0.2) is 0 Å². The molecule has 0 radical (unpaired) electrons. The van der Waals surface area contributed by atoms with Crippen LogP contribution in [0.15, 0.2) is 24.3 Å². The van der Waals surface area contributed by atoms with Gasteiger partial charge >= 0.3 is 0 Å². The zero-order valence-electron chi connectivity index (χ0n) is 11.3. The number of hydrogen-bond acceptors (Lipinski definition) is 2. The summed E-state index contributed by atoms with van der Waals surface area (Å²) in [4.78, 5) is 14.4. The summed E-state index contributed by atoms with van der Waals surface area (Å²) in [6.07, 6.45) is 3.65. The predicted molar refractivity (Wildman–Crippen MR) is 78.2 cm³/mol. The molecule has 1 aliphatic rings. The van der Waals surface area contributed by atoms with Gasteiger partial charge in [0.1, 0.15) is 0 Å². The zero-order valence-corrected chi connectivity index (χ0v) is 12.1. The highest BCUT2D eigenvalue weighted by molar-refractivity contribution is 6.30. The summed E-state index contributed by atoms with van der Waals surface area (Å²) in [5.41, 5.74) is 6.96. The standard InChI is InChI=1S/C15H21ClN2O/c1-11(17)14-7-2-3-8-18(14)15(19)10-12-5-4-6-13(16)9-12/h4-6,9,11,14H,2-3,7-8,10,17H2,1H3. The van der Waals surface area contributed by atoms with Gasteiger partial charge in [0.2, 0.25) is 5.91 Å². The van der Waals surface area contributed by atoms with Crippen LogP contribution in [0.4, 0.5) is 0 Å². The minimum absolute atomic E-state index is 0.0311. The van der Waals surface area contributed by atoms with Crippen molar-refractivity contribution < 1.29 is 4.79 Å². The Morgan fingerprint density at radius 1 is 1.53 bits per heavy atom. The summed E-state index contributed by atoms with van der Waals surface area (Å²) in [5.74, 6) is 0.157. The zero-order chi connectivity index (χ0) is 13.8. The van der Waals surface area contributed by atoms with Crippen molar-refractivity contribution >= 4 is 17.5 Å². The molecule has 1 aliphatic heterocycles. The Hall–Kier alpha value is -1.06. The fourth-order valence-corrected chi connectivity index (χ4v) is 2.95. The number of carbonyl (C=O) groups is 1. The van der Waals surface area contributed by atoms with Gasteiger partial charge in [-0.05, 0) is 43.9 Å². The Bertz CT molecular complexity index is 448. The van der Waals surface area contributed by atoms with Crippen molar-refractivity contribution in [3.8, 4) is 0 Å². The van der Waals surface area contributed by atoms with Gasteiger partial charge < -0.3 is 10.6 Å². The number of halogens is 1. The highest BCUT2D eigenvalue weighted by Gasteiger charge is 2.28. The maximum absolute atomic E-state index is 12.4. The summed E-state index contributed by atoms with van der Waals surface area (Å²) in [7, 11) is 0. The van der Waals surface area contributed by atoms with E-state index in [0.29, 0.717) is 11.4 Å². The van der Waals surface area contributed by atoms with Crippen LogP contribution in [0.25, 0.3) is 0 Å². The van der Waals surface area contributed by atoms with Crippen LogP contribution < -0.4 is 5.73 Å². The molecule has 1 heterocycles. The van der Waals surface area contributed by atoms with E-state index < -0.39 is 0 Å². The third-order valence-corrected chi connectivity index (χ3v) is 3.96. The SMILES string of the molecule is CC(N)C1CCCCN1C(=O)Cc1cccc(Cl)c1. The second kappa shape index (κ2) is 6.40. The lowest BCUT2D eigenvalue weighted by atomic mass is 9.96. The average molecular weight is 281 g/mol. The first kappa shape index (κ1) is 14.4. The van der Waals surface area contributed by atoms with Crippen molar-refractivity contribution in [2.75, 3.05) is 6.54 Å². The molecule has 2 N–H and O–H groups in total. The lowest BCUT2D eigenvalue weighted by molar-refractivity contribution is -0.134. The normalized spacial score (nSPS) is 21.2. The molecule has 104 valence electrons. The van der Waals surface area contributed by atoms with Crippen LogP contribution in [-0.4, -0.2) is 29.4 Å². The van der Waals surface area contributed by atoms with Crippen LogP contribution in [0, 0.1) is 0 Å². The molecule has 19 heavy (non-hydrogen) atoms. The maximum atomic E-state index is 12.4. The number of nitrogens with zero attached hydrogens (tertiary/aromatic N) is 1. The highest BCUT2D eigenvalue weighted by atomic mass is 35.5. The Morgan fingerprint density at radius 2 is 2.32 bits per heavy atom. The van der Waals surface area contributed by atoms with Crippen LogP contribution in [0.3, 0.4) is 0 Å². The largest absolute Gasteiger partial charge is 0.338 e. The summed E-state index contributed by atoms with van der Waals surface area (Å²) in [5, 5.41) is 0.674. The van der Waals surface area contributed by atoms with E-state index in [-0.39, 0.29) is 18.0 Å². The second-order valence-corrected chi connectivity index (χ2v) is 5.75. The smallest absolute Gasteiger partial charge is 0.227 e. The first-order valence-electron chi connectivity index (χ1n) is 6.87. The van der Waals surface area contributed by atoms with Crippen LogP contribution in [0.1, 0.15) is 31.7 Å². The minimum Gasteiger partial charge on any atom is -0.338 e. The summed E-state index contributed by atoms with van der Waals surface area (Å²) < 4.78 is 0. The molecule has 2 atom stereocenters. The van der Waals surface area contributed by atoms with E-state index in [2.05, 4.69) is 0 Å². The van der Waals surface area contributed by atoms with Crippen LogP contribution in [-0.2, 0) is 11.2 Å². The van der Waals surface area contributed by atoms with E-state index in [1.165, 1.54) is 0 Å². The van der Waals surface area contributed by atoms with Gasteiger partial charge in [0.15, 0.2) is 0 Å². The minimum atomic E-state index is 0.0311. The molecule has 4 heteroatoms. The summed E-state index contributed by atoms with van der Waals surface area (Å²) in [6, 6.07) is 7.70. The molecule has 1 aromatic carbocycles. The molecule has 0 aliphatic carbocycles. The van der Waals surface area contributed by atoms with Crippen molar-refractivity contribution in [2.24, 2.45) is 5.73 Å². The first-order chi connectivity index (χ1) is 9.08. The van der Waals surface area contributed by atoms with Gasteiger partial charge in [-0.15, -0.1) is 0 Å². The fourth-order valence-electron chi connectivity index (χ4n) is 2.74. The lowest BCUT2D eigenvalue weighted by Crippen LogP contribution is -2.52. The Labute approximate surface area is 119 Å². The number of hydrogen-bond donors (Lipinski definition) is 1. The number of rotatable bonds is 3. The Morgan fingerprint density at radius 3 is 3.00 bits per heavy atom. The quantitative estimate of drug-likeness (QED) is 0.925. The van der Waals surface area contributed by atoms with E-state index in [9.17, 15) is 4.79 Å². The highest BCUT2D eigenvalue weighted by Crippen LogP contribution is 2.20. The second-order valence-electron chi connectivity index (χ2n) is 5.32. The number of piperidine rings is 1. The number of likely N-dealkylation sites (tertiary alicyclic amines) is 1. The van der Waals surface area contributed by atoms with Gasteiger partial charge in [-0.2, -0.15) is 0 Å². The third kappa shape index (κ3) is 3.71. The van der Waals surface area contributed by atoms with Crippen LogP contribution in [0.2, 0.25) is 5.02 Å². The number of nitrogens with two attached hydrogens (primary N) is 1. The molecule has 1 aromatic rings. The molecular formula is C15H21ClN2O. The summed E-state index contributed by atoms with van der Waals surface area (Å²) in [6.45, 7) is 2.81. The predicted octanol–water partition coefficient (Wildman–Crippen LogP) is 2.61. The van der Waals surface area contributed by atoms with Crippen molar-refractivity contribution in [3.63, 3.8) is 0 Å². The fraction of sp³-hybridized carbons (Fsp3) is 0.533. The molecular weight excluding hydrogens is 260 g/mol. The molecule has 1 saturated heterocycles. The molecule has 3 nitrogen and oxygen atoms in total. The van der Waals surface area contributed by atoms with Crippen LogP contribution >= 0.6 is 11.6 Å². The lowest BCUT2D eigenvalue weighted by Gasteiger charge is -2.38. The topological polar surface area (TPSA) is 46.3 Å². The molecule has 0 bridgehead atoms. The summed E-state index contributed by atoms with van der Waals surface area (Å²) >= 11 is 5.95. The maximum Gasteiger partial charge on any atom is 0.227 e.